The largest absolute Gasteiger partial charge is 0.309 e. The summed E-state index contributed by atoms with van der Waals surface area (Å²) in [5, 5.41) is 2.54. The van der Waals surface area contributed by atoms with Crippen LogP contribution in [0.2, 0.25) is 0 Å². The zero-order chi connectivity index (χ0) is 47.0. The Hall–Kier alpha value is -7.74. The average molecular weight is 886 g/mol. The number of aromatic nitrogens is 1. The molecule has 1 aromatic heterocycles. The highest BCUT2D eigenvalue weighted by Crippen LogP contribution is 2.53. The molecule has 0 N–H and O–H groups in total. The van der Waals surface area contributed by atoms with Crippen LogP contribution in [0.1, 0.15) is 98.5 Å². The summed E-state index contributed by atoms with van der Waals surface area (Å²) in [6, 6.07) is 69.0. The molecule has 0 radical (unpaired) electrons. The van der Waals surface area contributed by atoms with Crippen molar-refractivity contribution in [2.24, 2.45) is 0 Å². The van der Waals surface area contributed by atoms with Crippen LogP contribution < -0.4 is 0 Å². The summed E-state index contributed by atoms with van der Waals surface area (Å²) in [7, 11) is 0. The quantitative estimate of drug-likeness (QED) is 0.147. The van der Waals surface area contributed by atoms with Crippen molar-refractivity contribution >= 4 is 40.0 Å². The maximum atomic E-state index is 2.46. The van der Waals surface area contributed by atoms with Crippen molar-refractivity contribution in [3.63, 3.8) is 0 Å². The number of para-hydroxylation sites is 1. The van der Waals surface area contributed by atoms with E-state index in [2.05, 4.69) is 259 Å². The molecule has 1 heterocycles. The molecule has 1 nitrogen and oxygen atoms in total. The zero-order valence-corrected chi connectivity index (χ0v) is 40.6. The van der Waals surface area contributed by atoms with Crippen LogP contribution in [0, 0.1) is 0 Å². The number of hydrogen-bond donors (Lipinski definition) is 0. The van der Waals surface area contributed by atoms with Crippen LogP contribution in [0.5, 0.6) is 0 Å². The van der Waals surface area contributed by atoms with Gasteiger partial charge in [0.2, 0.25) is 0 Å². The van der Waals surface area contributed by atoms with E-state index in [4.69, 9.17) is 0 Å². The molecule has 0 saturated heterocycles. The van der Waals surface area contributed by atoms with Gasteiger partial charge in [-0.05, 0) is 155 Å². The standard InChI is InChI=1S/C68H55N/c1-8-13-43-22-30-51-53-32-26-47(39-61(53)67(4,5)59(51)36-43)48-27-33-54-52-31-23-44(37-60(52)68(6,7)62(54)40-48)19-18-42-20-24-45(25-21-42)46-28-35-65-57(38-46)56-15-10-12-17-64(56)69(65)49-29-34-55-50-14-9-11-16-58(50)66(2,3)63(55)41-49/h8-41H,1-7H3/b13-8+,19-18+. The SMILES string of the molecule is C/C=C/c1ccc2c(c1)C(C)(C)c1cc(-c3ccc4c(c3)C(C)(C)c3cc(/C=C/c5ccc(-c6ccc7c(c6)c6ccccc6n7-c6ccc7c(c6)C(C)(C)c6ccccc6-7)cc5)ccc3-4)ccc1-2. The second kappa shape index (κ2) is 14.9. The van der Waals surface area contributed by atoms with E-state index >= 15 is 0 Å². The highest BCUT2D eigenvalue weighted by atomic mass is 15.0. The fraction of sp³-hybridized carbons (Fsp3) is 0.147. The smallest absolute Gasteiger partial charge is 0.0541 e. The van der Waals surface area contributed by atoms with Crippen molar-refractivity contribution in [1.82, 2.24) is 4.57 Å². The first kappa shape index (κ1) is 41.4. The Morgan fingerprint density at radius 3 is 1.41 bits per heavy atom. The lowest BCUT2D eigenvalue weighted by Crippen LogP contribution is -2.15. The Balaban J connectivity index is 0.759. The fourth-order valence-corrected chi connectivity index (χ4v) is 12.5. The number of fused-ring (bicyclic) bond motifs is 12. The van der Waals surface area contributed by atoms with Gasteiger partial charge in [-0.1, -0.05) is 205 Å². The average Bonchev–Trinajstić information content (AvgIpc) is 3.98. The molecule has 13 rings (SSSR count). The van der Waals surface area contributed by atoms with E-state index < -0.39 is 0 Å². The normalized spacial score (nSPS) is 15.4. The summed E-state index contributed by atoms with van der Waals surface area (Å²) in [6.45, 7) is 16.3. The molecule has 1 heteroatoms. The van der Waals surface area contributed by atoms with Crippen molar-refractivity contribution in [3.8, 4) is 61.3 Å². The number of nitrogens with zero attached hydrogens (tertiary/aromatic N) is 1. The summed E-state index contributed by atoms with van der Waals surface area (Å²) in [4.78, 5) is 0. The van der Waals surface area contributed by atoms with E-state index in [0.29, 0.717) is 0 Å². The van der Waals surface area contributed by atoms with Gasteiger partial charge < -0.3 is 4.57 Å². The van der Waals surface area contributed by atoms with Crippen LogP contribution in [-0.4, -0.2) is 4.57 Å². The molecular weight excluding hydrogens is 831 g/mol. The van der Waals surface area contributed by atoms with E-state index in [9.17, 15) is 0 Å². The Bertz CT molecular complexity index is 3860. The Labute approximate surface area is 406 Å². The molecule has 3 aliphatic carbocycles. The van der Waals surface area contributed by atoms with Crippen molar-refractivity contribution in [2.75, 3.05) is 0 Å². The Kier molecular flexibility index (Phi) is 8.94. The summed E-state index contributed by atoms with van der Waals surface area (Å²) >= 11 is 0. The molecule has 0 saturated carbocycles. The lowest BCUT2D eigenvalue weighted by atomic mass is 9.80. The van der Waals surface area contributed by atoms with E-state index in [-0.39, 0.29) is 16.2 Å². The van der Waals surface area contributed by atoms with Gasteiger partial charge in [0.05, 0.1) is 11.0 Å². The van der Waals surface area contributed by atoms with Gasteiger partial charge in [-0.25, -0.2) is 0 Å². The molecule has 0 bridgehead atoms. The Morgan fingerprint density at radius 2 is 0.754 bits per heavy atom. The topological polar surface area (TPSA) is 4.93 Å². The highest BCUT2D eigenvalue weighted by Gasteiger charge is 2.38. The second-order valence-electron chi connectivity index (χ2n) is 21.3. The maximum absolute atomic E-state index is 2.46. The molecule has 332 valence electrons. The van der Waals surface area contributed by atoms with Gasteiger partial charge in [-0.3, -0.25) is 0 Å². The molecule has 0 spiro atoms. The van der Waals surface area contributed by atoms with E-state index in [1.54, 1.807) is 0 Å². The van der Waals surface area contributed by atoms with Crippen LogP contribution in [0.25, 0.3) is 101 Å². The van der Waals surface area contributed by atoms with Gasteiger partial charge in [0.25, 0.3) is 0 Å². The lowest BCUT2D eigenvalue weighted by Gasteiger charge is -2.23. The molecular formula is C68H55N. The van der Waals surface area contributed by atoms with Crippen molar-refractivity contribution in [1.29, 1.82) is 0 Å². The van der Waals surface area contributed by atoms with Crippen molar-refractivity contribution in [3.05, 3.63) is 238 Å². The summed E-state index contributed by atoms with van der Waals surface area (Å²) in [6.07, 6.45) is 8.84. The van der Waals surface area contributed by atoms with Gasteiger partial charge in [0.1, 0.15) is 0 Å². The number of hydrogen-bond acceptors (Lipinski definition) is 0. The monoisotopic (exact) mass is 885 g/mol. The first-order valence-electron chi connectivity index (χ1n) is 24.7. The summed E-state index contributed by atoms with van der Waals surface area (Å²) in [5.41, 5.74) is 28.6. The van der Waals surface area contributed by atoms with Crippen LogP contribution in [0.15, 0.2) is 188 Å². The third-order valence-corrected chi connectivity index (χ3v) is 16.3. The minimum Gasteiger partial charge on any atom is -0.309 e. The predicted molar refractivity (Wildman–Crippen MR) is 294 cm³/mol. The fourth-order valence-electron chi connectivity index (χ4n) is 12.5. The van der Waals surface area contributed by atoms with Gasteiger partial charge in [0.15, 0.2) is 0 Å². The van der Waals surface area contributed by atoms with Crippen molar-refractivity contribution < 1.29 is 0 Å². The minimum absolute atomic E-state index is 0.0559. The number of allylic oxidation sites excluding steroid dienone is 1. The van der Waals surface area contributed by atoms with Gasteiger partial charge in [-0.15, -0.1) is 0 Å². The molecule has 0 aliphatic heterocycles. The molecule has 10 aromatic rings. The van der Waals surface area contributed by atoms with Crippen molar-refractivity contribution in [2.45, 2.75) is 64.7 Å². The van der Waals surface area contributed by atoms with Gasteiger partial charge >= 0.3 is 0 Å². The van der Waals surface area contributed by atoms with E-state index in [1.807, 2.05) is 0 Å². The predicted octanol–water partition coefficient (Wildman–Crippen LogP) is 18.2. The first-order valence-corrected chi connectivity index (χ1v) is 24.7. The molecule has 0 fully saturated rings. The highest BCUT2D eigenvalue weighted by molar-refractivity contribution is 6.10. The lowest BCUT2D eigenvalue weighted by molar-refractivity contribution is 0.659. The number of benzene rings is 9. The van der Waals surface area contributed by atoms with Crippen LogP contribution in [-0.2, 0) is 16.2 Å². The van der Waals surface area contributed by atoms with E-state index in [1.165, 1.54) is 133 Å². The third-order valence-electron chi connectivity index (χ3n) is 16.3. The summed E-state index contributed by atoms with van der Waals surface area (Å²) < 4.78 is 2.45. The van der Waals surface area contributed by atoms with Crippen LogP contribution >= 0.6 is 0 Å². The number of rotatable bonds is 6. The minimum atomic E-state index is -0.125. The van der Waals surface area contributed by atoms with Gasteiger partial charge in [0, 0.05) is 32.7 Å². The maximum Gasteiger partial charge on any atom is 0.0541 e. The summed E-state index contributed by atoms with van der Waals surface area (Å²) in [5.74, 6) is 0. The second-order valence-corrected chi connectivity index (χ2v) is 21.3. The van der Waals surface area contributed by atoms with Crippen LogP contribution in [0.4, 0.5) is 0 Å². The molecule has 0 amide bonds. The van der Waals surface area contributed by atoms with Gasteiger partial charge in [-0.2, -0.15) is 0 Å². The molecule has 0 unspecified atom stereocenters. The molecule has 0 atom stereocenters. The molecule has 9 aromatic carbocycles. The first-order chi connectivity index (χ1) is 33.4. The Morgan fingerprint density at radius 1 is 0.319 bits per heavy atom. The zero-order valence-electron chi connectivity index (χ0n) is 40.6. The third kappa shape index (κ3) is 6.16. The van der Waals surface area contributed by atoms with Crippen LogP contribution in [0.3, 0.4) is 0 Å². The molecule has 3 aliphatic rings. The molecule has 69 heavy (non-hydrogen) atoms. The van der Waals surface area contributed by atoms with E-state index in [0.717, 1.165) is 0 Å².